The van der Waals surface area contributed by atoms with Crippen LogP contribution < -0.4 is 5.56 Å². The van der Waals surface area contributed by atoms with E-state index in [2.05, 4.69) is 0 Å². The van der Waals surface area contributed by atoms with Gasteiger partial charge < -0.3 is 13.9 Å². The fraction of sp³-hybridized carbons (Fsp3) is 0.200. The molecule has 0 spiro atoms. The average molecular weight is 454 g/mol. The van der Waals surface area contributed by atoms with Crippen LogP contribution in [0.3, 0.4) is 0 Å². The summed E-state index contributed by atoms with van der Waals surface area (Å²) in [5.41, 5.74) is 2.09. The van der Waals surface area contributed by atoms with E-state index in [1.54, 1.807) is 30.5 Å². The number of pyridine rings is 1. The molecule has 8 heteroatoms. The van der Waals surface area contributed by atoms with Crippen LogP contribution in [-0.4, -0.2) is 22.2 Å². The van der Waals surface area contributed by atoms with Gasteiger partial charge in [0.15, 0.2) is 11.6 Å². The highest BCUT2D eigenvalue weighted by molar-refractivity contribution is 5.99. The summed E-state index contributed by atoms with van der Waals surface area (Å²) in [7, 11) is 1.29. The van der Waals surface area contributed by atoms with Crippen molar-refractivity contribution in [2.24, 2.45) is 0 Å². The summed E-state index contributed by atoms with van der Waals surface area (Å²) < 4.78 is 49.9. The number of esters is 1. The molecule has 2 heterocycles. The quantitative estimate of drug-likeness (QED) is 0.400. The van der Waals surface area contributed by atoms with Crippen LogP contribution in [0.1, 0.15) is 24.2 Å². The first-order chi connectivity index (χ1) is 15.7. The molecule has 33 heavy (non-hydrogen) atoms. The third-order valence-corrected chi connectivity index (χ3v) is 5.78. The van der Waals surface area contributed by atoms with Crippen LogP contribution in [0.4, 0.5) is 13.2 Å². The first kappa shape index (κ1) is 22.4. The van der Waals surface area contributed by atoms with E-state index in [0.717, 1.165) is 6.07 Å². The summed E-state index contributed by atoms with van der Waals surface area (Å²) in [6, 6.07) is 10.3. The highest BCUT2D eigenvalue weighted by atomic mass is 19.2. The molecule has 0 N–H and O–H groups in total. The van der Waals surface area contributed by atoms with Crippen LogP contribution in [0.15, 0.2) is 59.5 Å². The van der Waals surface area contributed by atoms with Gasteiger partial charge in [0.25, 0.3) is 5.56 Å². The Bertz CT molecular complexity index is 1440. The molecule has 4 aromatic rings. The van der Waals surface area contributed by atoms with Gasteiger partial charge in [0.2, 0.25) is 0 Å². The van der Waals surface area contributed by atoms with Crippen molar-refractivity contribution in [3.63, 3.8) is 0 Å². The number of hydrogen-bond acceptors (Lipinski definition) is 3. The molecule has 4 rings (SSSR count). The molecule has 0 aliphatic carbocycles. The highest BCUT2D eigenvalue weighted by Gasteiger charge is 2.24. The second-order valence-corrected chi connectivity index (χ2v) is 7.79. The van der Waals surface area contributed by atoms with Crippen LogP contribution in [0.5, 0.6) is 0 Å². The summed E-state index contributed by atoms with van der Waals surface area (Å²) in [4.78, 5) is 24.7. The third kappa shape index (κ3) is 3.92. The van der Waals surface area contributed by atoms with Crippen molar-refractivity contribution in [2.45, 2.75) is 26.4 Å². The van der Waals surface area contributed by atoms with Gasteiger partial charge >= 0.3 is 5.97 Å². The van der Waals surface area contributed by atoms with Gasteiger partial charge in [-0.15, -0.1) is 0 Å². The second-order valence-electron chi connectivity index (χ2n) is 7.79. The summed E-state index contributed by atoms with van der Waals surface area (Å²) >= 11 is 0. The first-order valence-corrected chi connectivity index (χ1v) is 10.2. The van der Waals surface area contributed by atoms with Crippen molar-refractivity contribution in [3.05, 3.63) is 93.8 Å². The van der Waals surface area contributed by atoms with Crippen molar-refractivity contribution < 1.29 is 22.7 Å². The summed E-state index contributed by atoms with van der Waals surface area (Å²) in [5.74, 6) is -2.93. The first-order valence-electron chi connectivity index (χ1n) is 10.2. The van der Waals surface area contributed by atoms with Gasteiger partial charge in [-0.05, 0) is 44.2 Å². The van der Waals surface area contributed by atoms with E-state index in [0.29, 0.717) is 27.7 Å². The number of ether oxygens (including phenoxy) is 1. The van der Waals surface area contributed by atoms with Gasteiger partial charge in [-0.1, -0.05) is 12.1 Å². The molecule has 0 saturated carbocycles. The topological polar surface area (TPSA) is 53.2 Å². The molecule has 2 aromatic heterocycles. The minimum absolute atomic E-state index is 0.0266. The zero-order valence-electron chi connectivity index (χ0n) is 18.2. The predicted molar refractivity (Wildman–Crippen MR) is 119 cm³/mol. The van der Waals surface area contributed by atoms with Crippen molar-refractivity contribution in [1.29, 1.82) is 0 Å². The van der Waals surface area contributed by atoms with Gasteiger partial charge in [-0.2, -0.15) is 0 Å². The number of rotatable bonds is 5. The Balaban J connectivity index is 1.91. The maximum absolute atomic E-state index is 14.2. The predicted octanol–water partition coefficient (Wildman–Crippen LogP) is 4.98. The maximum Gasteiger partial charge on any atom is 0.328 e. The highest BCUT2D eigenvalue weighted by Crippen LogP contribution is 2.37. The summed E-state index contributed by atoms with van der Waals surface area (Å²) in [6.45, 7) is 3.29. The van der Waals surface area contributed by atoms with Gasteiger partial charge in [0.05, 0.1) is 13.7 Å². The summed E-state index contributed by atoms with van der Waals surface area (Å²) in [5, 5.41) is 0.547. The standard InChI is InChI=1S/C25H21F3N2O3/c1-14-23(19-11-18(26)8-9-21(19)30(14)15(2)25(32)33-3)16-7-10-22(31)29(12-16)13-17-5-4-6-20(27)24(17)28/h4-12,15H,13H2,1-3H3. The number of benzene rings is 2. The van der Waals surface area contributed by atoms with Crippen LogP contribution in [0, 0.1) is 24.4 Å². The average Bonchev–Trinajstić information content (AvgIpc) is 3.08. The Labute approximate surface area is 187 Å². The molecule has 0 fully saturated rings. The zero-order valence-corrected chi connectivity index (χ0v) is 18.2. The Kier molecular flexibility index (Phi) is 5.84. The molecule has 0 bridgehead atoms. The van der Waals surface area contributed by atoms with Crippen LogP contribution >= 0.6 is 0 Å². The second kappa shape index (κ2) is 8.61. The Morgan fingerprint density at radius 1 is 1.09 bits per heavy atom. The van der Waals surface area contributed by atoms with Gasteiger partial charge in [0.1, 0.15) is 11.9 Å². The Morgan fingerprint density at radius 3 is 2.58 bits per heavy atom. The molecule has 1 atom stereocenters. The van der Waals surface area contributed by atoms with E-state index in [-0.39, 0.29) is 12.1 Å². The smallest absolute Gasteiger partial charge is 0.328 e. The van der Waals surface area contributed by atoms with Gasteiger partial charge in [-0.3, -0.25) is 4.79 Å². The lowest BCUT2D eigenvalue weighted by Crippen LogP contribution is -2.20. The molecular formula is C25H21F3N2O3. The molecule has 5 nitrogen and oxygen atoms in total. The zero-order chi connectivity index (χ0) is 23.9. The fourth-order valence-electron chi connectivity index (χ4n) is 4.21. The SMILES string of the molecule is COC(=O)C(C)n1c(C)c(-c2ccc(=O)n(Cc3cccc(F)c3F)c2)c2cc(F)ccc21. The number of aromatic nitrogens is 2. The molecule has 170 valence electrons. The molecule has 0 radical (unpaired) electrons. The van der Waals surface area contributed by atoms with E-state index < -0.39 is 35.0 Å². The normalized spacial score (nSPS) is 12.2. The Morgan fingerprint density at radius 2 is 1.85 bits per heavy atom. The lowest BCUT2D eigenvalue weighted by molar-refractivity contribution is -0.143. The van der Waals surface area contributed by atoms with E-state index in [1.807, 2.05) is 0 Å². The maximum atomic E-state index is 14.2. The van der Waals surface area contributed by atoms with Crippen molar-refractivity contribution in [1.82, 2.24) is 9.13 Å². The van der Waals surface area contributed by atoms with Crippen molar-refractivity contribution >= 4 is 16.9 Å². The molecule has 0 aliphatic rings. The summed E-state index contributed by atoms with van der Waals surface area (Å²) in [6.07, 6.45) is 1.52. The Hall–Kier alpha value is -3.81. The fourth-order valence-corrected chi connectivity index (χ4v) is 4.21. The molecule has 0 aliphatic heterocycles. The number of fused-ring (bicyclic) bond motifs is 1. The molecule has 0 saturated heterocycles. The molecular weight excluding hydrogens is 433 g/mol. The van der Waals surface area contributed by atoms with E-state index >= 15 is 0 Å². The van der Waals surface area contributed by atoms with Crippen LogP contribution in [0.25, 0.3) is 22.0 Å². The lowest BCUT2D eigenvalue weighted by Gasteiger charge is -2.15. The number of carbonyl (C=O) groups is 1. The van der Waals surface area contributed by atoms with E-state index in [4.69, 9.17) is 4.74 Å². The van der Waals surface area contributed by atoms with Crippen LogP contribution in [-0.2, 0) is 16.1 Å². The largest absolute Gasteiger partial charge is 0.467 e. The van der Waals surface area contributed by atoms with Crippen molar-refractivity contribution in [3.8, 4) is 11.1 Å². The number of nitrogens with zero attached hydrogens (tertiary/aromatic N) is 2. The van der Waals surface area contributed by atoms with Crippen LogP contribution in [0.2, 0.25) is 0 Å². The molecule has 1 unspecified atom stereocenters. The van der Waals surface area contributed by atoms with E-state index in [9.17, 15) is 22.8 Å². The number of carbonyl (C=O) groups excluding carboxylic acids is 1. The van der Waals surface area contributed by atoms with Gasteiger partial charge in [-0.25, -0.2) is 18.0 Å². The minimum atomic E-state index is -1.02. The van der Waals surface area contributed by atoms with Crippen molar-refractivity contribution in [2.75, 3.05) is 7.11 Å². The number of methoxy groups -OCH3 is 1. The number of hydrogen-bond donors (Lipinski definition) is 0. The molecule has 0 amide bonds. The van der Waals surface area contributed by atoms with E-state index in [1.165, 1.54) is 48.2 Å². The lowest BCUT2D eigenvalue weighted by atomic mass is 10.0. The monoisotopic (exact) mass is 454 g/mol. The minimum Gasteiger partial charge on any atom is -0.467 e. The third-order valence-electron chi connectivity index (χ3n) is 5.78. The molecule has 2 aromatic carbocycles. The number of halogens is 3. The van der Waals surface area contributed by atoms with Gasteiger partial charge in [0, 0.05) is 45.6 Å².